The van der Waals surface area contributed by atoms with Crippen LogP contribution >= 0.6 is 11.6 Å². The highest BCUT2D eigenvalue weighted by Gasteiger charge is 2.47. The molecule has 4 heterocycles. The third-order valence-corrected chi connectivity index (χ3v) is 10.4. The van der Waals surface area contributed by atoms with Crippen molar-refractivity contribution in [1.29, 1.82) is 0 Å². The number of fused-ring (bicyclic) bond motifs is 2. The lowest BCUT2D eigenvalue weighted by Crippen LogP contribution is -2.52. The maximum atomic E-state index is 14.3. The number of hydrogen-bond acceptors (Lipinski definition) is 9. The molecule has 3 unspecified atom stereocenters. The molecule has 1 aromatic carbocycles. The van der Waals surface area contributed by atoms with Crippen molar-refractivity contribution in [2.75, 3.05) is 25.1 Å². The largest absolute Gasteiger partial charge is 0.504 e. The second kappa shape index (κ2) is 15.3. The van der Waals surface area contributed by atoms with Crippen LogP contribution in [0.5, 0.6) is 5.75 Å². The number of carbonyl (C=O) groups is 2. The molecule has 4 aromatic rings. The monoisotopic (exact) mass is 756 g/mol. The molecule has 0 bridgehead atoms. The predicted octanol–water partition coefficient (Wildman–Crippen LogP) is 5.81. The zero-order valence-corrected chi connectivity index (χ0v) is 30.5. The number of carbonyl (C=O) groups excluding carboxylic acids is 2. The van der Waals surface area contributed by atoms with E-state index in [-0.39, 0.29) is 63.6 Å². The van der Waals surface area contributed by atoms with E-state index in [4.69, 9.17) is 21.3 Å². The van der Waals surface area contributed by atoms with Gasteiger partial charge in [-0.1, -0.05) is 31.5 Å². The Kier molecular flexibility index (Phi) is 10.9. The second-order valence-corrected chi connectivity index (χ2v) is 13.3. The molecule has 2 aliphatic carbocycles. The number of nitrogens with zero attached hydrogens (tertiary/aromatic N) is 7. The minimum Gasteiger partial charge on any atom is -0.504 e. The molecular weight excluding hydrogens is 717 g/mol. The van der Waals surface area contributed by atoms with Crippen molar-refractivity contribution in [2.24, 2.45) is 5.92 Å². The number of anilines is 1. The molecule has 53 heavy (non-hydrogen) atoms. The van der Waals surface area contributed by atoms with Crippen LogP contribution in [0.3, 0.4) is 0 Å². The topological polar surface area (TPSA) is 157 Å². The Hall–Kier alpha value is -4.83. The van der Waals surface area contributed by atoms with Crippen LogP contribution < -0.4 is 10.9 Å². The van der Waals surface area contributed by atoms with Crippen LogP contribution in [0.1, 0.15) is 91.2 Å². The van der Waals surface area contributed by atoms with Gasteiger partial charge < -0.3 is 24.6 Å². The summed E-state index contributed by atoms with van der Waals surface area (Å²) in [6.45, 7) is 8.29. The van der Waals surface area contributed by atoms with Gasteiger partial charge in [-0.25, -0.2) is 9.97 Å². The SMILES string of the molecule is CC.CCN(C(=O)c1ncnc(C)c1O)C1CCC1C1CCc2c1c(=O)n1nc(C3=CCOCC3)nc1n2CC(=O)Nc1ccc(C(F)(F)F)cc1Cl. The average Bonchev–Trinajstić information content (AvgIpc) is 3.77. The molecule has 0 spiro atoms. The first kappa shape index (κ1) is 37.9. The first-order valence-electron chi connectivity index (χ1n) is 17.6. The van der Waals surface area contributed by atoms with Gasteiger partial charge in [-0.15, -0.1) is 5.10 Å². The quantitative estimate of drug-likeness (QED) is 0.227. The number of amides is 2. The molecule has 2 amide bonds. The van der Waals surface area contributed by atoms with E-state index in [2.05, 4.69) is 20.4 Å². The van der Waals surface area contributed by atoms with Gasteiger partial charge in [0.15, 0.2) is 17.3 Å². The van der Waals surface area contributed by atoms with Crippen molar-refractivity contribution in [3.8, 4) is 5.75 Å². The Morgan fingerprint density at radius 3 is 2.57 bits per heavy atom. The van der Waals surface area contributed by atoms with Crippen molar-refractivity contribution >= 4 is 40.5 Å². The minimum absolute atomic E-state index is 0.00215. The number of hydrogen-bond donors (Lipinski definition) is 2. The molecule has 2 N–H and O–H groups in total. The smallest absolute Gasteiger partial charge is 0.416 e. The maximum absolute atomic E-state index is 14.3. The van der Waals surface area contributed by atoms with Crippen LogP contribution in [0.25, 0.3) is 11.4 Å². The van der Waals surface area contributed by atoms with Crippen molar-refractivity contribution in [1.82, 2.24) is 34.0 Å². The van der Waals surface area contributed by atoms with Gasteiger partial charge in [0.1, 0.15) is 12.9 Å². The number of aromatic nitrogens is 6. The Labute approximate surface area is 307 Å². The van der Waals surface area contributed by atoms with E-state index < -0.39 is 23.6 Å². The van der Waals surface area contributed by atoms with Crippen LogP contribution in [0.4, 0.5) is 18.9 Å². The summed E-state index contributed by atoms with van der Waals surface area (Å²) >= 11 is 6.13. The van der Waals surface area contributed by atoms with E-state index in [1.54, 1.807) is 16.4 Å². The van der Waals surface area contributed by atoms with E-state index in [9.17, 15) is 32.7 Å². The number of aryl methyl sites for hydroxylation is 1. The molecule has 1 fully saturated rings. The van der Waals surface area contributed by atoms with Crippen molar-refractivity contribution in [2.45, 2.75) is 84.5 Å². The van der Waals surface area contributed by atoms with Crippen LogP contribution in [-0.4, -0.2) is 76.8 Å². The standard InChI is InChI=1S/C34H34ClF3N8O5.C2H6/c1-3-44(32(50)28-29(48)17(2)39-16-40-28)24-8-5-20(24)21-6-9-25-27(21)31(49)46-33(42-30(43-46)18-10-12-51-13-11-18)45(25)15-26(47)41-23-7-4-19(14-22(23)35)34(36,37)38;1-2/h4,7,10,14,16,20-21,24,48H,3,5-6,8-9,11-13,15H2,1-2H3,(H,41,47);1-2H3. The molecule has 1 aliphatic heterocycles. The summed E-state index contributed by atoms with van der Waals surface area (Å²) in [5.41, 5.74) is 0.793. The van der Waals surface area contributed by atoms with Gasteiger partial charge in [0.2, 0.25) is 11.7 Å². The number of ether oxygens (including phenoxy) is 1. The minimum atomic E-state index is -4.60. The molecule has 282 valence electrons. The van der Waals surface area contributed by atoms with E-state index >= 15 is 0 Å². The third-order valence-electron chi connectivity index (χ3n) is 10.1. The fraction of sp³-hybridized carbons (Fsp3) is 0.472. The highest BCUT2D eigenvalue weighted by Crippen LogP contribution is 2.48. The zero-order chi connectivity index (χ0) is 38.2. The average molecular weight is 757 g/mol. The Morgan fingerprint density at radius 1 is 1.15 bits per heavy atom. The summed E-state index contributed by atoms with van der Waals surface area (Å²) in [5.74, 6) is -1.17. The Morgan fingerprint density at radius 2 is 1.92 bits per heavy atom. The van der Waals surface area contributed by atoms with Gasteiger partial charge in [0.05, 0.1) is 35.2 Å². The molecule has 0 saturated heterocycles. The number of benzene rings is 1. The first-order valence-corrected chi connectivity index (χ1v) is 18.0. The van der Waals surface area contributed by atoms with Crippen LogP contribution in [0, 0.1) is 12.8 Å². The lowest BCUT2D eigenvalue weighted by atomic mass is 9.69. The van der Waals surface area contributed by atoms with Gasteiger partial charge in [-0.2, -0.15) is 22.7 Å². The van der Waals surface area contributed by atoms with Crippen LogP contribution in [0.15, 0.2) is 35.4 Å². The number of halogens is 4. The molecule has 1 saturated carbocycles. The van der Waals surface area contributed by atoms with Gasteiger partial charge >= 0.3 is 6.18 Å². The Bertz CT molecular complexity index is 2150. The fourth-order valence-electron chi connectivity index (χ4n) is 7.44. The molecule has 7 rings (SSSR count). The Balaban J connectivity index is 0.00000236. The number of alkyl halides is 3. The molecule has 13 nitrogen and oxygen atoms in total. The summed E-state index contributed by atoms with van der Waals surface area (Å²) in [7, 11) is 0. The first-order chi connectivity index (χ1) is 25.4. The molecule has 17 heteroatoms. The zero-order valence-electron chi connectivity index (χ0n) is 29.7. The second-order valence-electron chi connectivity index (χ2n) is 12.9. The lowest BCUT2D eigenvalue weighted by Gasteiger charge is -2.46. The number of aromatic hydroxyl groups is 1. The van der Waals surface area contributed by atoms with E-state index in [1.165, 1.54) is 10.8 Å². The highest BCUT2D eigenvalue weighted by atomic mass is 35.5. The van der Waals surface area contributed by atoms with E-state index in [0.29, 0.717) is 62.5 Å². The normalized spacial score (nSPS) is 19.5. The van der Waals surface area contributed by atoms with Crippen molar-refractivity contribution in [3.05, 3.63) is 80.0 Å². The summed E-state index contributed by atoms with van der Waals surface area (Å²) in [5, 5.41) is 17.5. The summed E-state index contributed by atoms with van der Waals surface area (Å²) in [6, 6.07) is 2.44. The molecule has 3 aliphatic rings. The van der Waals surface area contributed by atoms with Gasteiger partial charge in [-0.05, 0) is 81.6 Å². The maximum Gasteiger partial charge on any atom is 0.416 e. The van der Waals surface area contributed by atoms with Gasteiger partial charge in [-0.3, -0.25) is 14.4 Å². The summed E-state index contributed by atoms with van der Waals surface area (Å²) in [6.07, 6.45) is 1.46. The molecule has 3 atom stereocenters. The number of rotatable bonds is 8. The van der Waals surface area contributed by atoms with Crippen molar-refractivity contribution < 1.29 is 32.6 Å². The number of nitrogens with one attached hydrogen (secondary N) is 1. The van der Waals surface area contributed by atoms with E-state index in [0.717, 1.165) is 30.2 Å². The molecule has 3 aromatic heterocycles. The molecular formula is C36H40ClF3N8O5. The molecule has 0 radical (unpaired) electrons. The summed E-state index contributed by atoms with van der Waals surface area (Å²) in [4.78, 5) is 55.9. The van der Waals surface area contributed by atoms with E-state index in [1.807, 2.05) is 26.8 Å². The van der Waals surface area contributed by atoms with Crippen molar-refractivity contribution in [3.63, 3.8) is 0 Å². The van der Waals surface area contributed by atoms with Crippen LogP contribution in [0.2, 0.25) is 5.02 Å². The lowest BCUT2D eigenvalue weighted by molar-refractivity contribution is -0.137. The summed E-state index contributed by atoms with van der Waals surface area (Å²) < 4.78 is 47.9. The van der Waals surface area contributed by atoms with Crippen LogP contribution in [-0.2, 0) is 28.7 Å². The highest BCUT2D eigenvalue weighted by molar-refractivity contribution is 6.33. The third kappa shape index (κ3) is 7.13. The predicted molar refractivity (Wildman–Crippen MR) is 190 cm³/mol. The van der Waals surface area contributed by atoms with Gasteiger partial charge in [0.25, 0.3) is 11.5 Å². The van der Waals surface area contributed by atoms with Gasteiger partial charge in [0, 0.05) is 23.8 Å². The fourth-order valence-corrected chi connectivity index (χ4v) is 7.66.